The van der Waals surface area contributed by atoms with Gasteiger partial charge in [-0.3, -0.25) is 4.79 Å². The van der Waals surface area contributed by atoms with Crippen LogP contribution in [0.4, 0.5) is 13.2 Å². The van der Waals surface area contributed by atoms with Gasteiger partial charge >= 0.3 is 6.18 Å². The van der Waals surface area contributed by atoms with Crippen molar-refractivity contribution in [3.63, 3.8) is 0 Å². The summed E-state index contributed by atoms with van der Waals surface area (Å²) in [7, 11) is 0. The number of benzene rings is 1. The molecule has 0 aromatic heterocycles. The molecule has 1 heterocycles. The lowest BCUT2D eigenvalue weighted by Crippen LogP contribution is -2.50. The summed E-state index contributed by atoms with van der Waals surface area (Å²) in [5.41, 5.74) is -1.02. The largest absolute Gasteiger partial charge is 0.417 e. The Hall–Kier alpha value is -1.56. The van der Waals surface area contributed by atoms with Gasteiger partial charge in [-0.05, 0) is 56.2 Å². The molecule has 6 heteroatoms. The molecule has 2 aliphatic carbocycles. The Kier molecular flexibility index (Phi) is 4.26. The van der Waals surface area contributed by atoms with E-state index in [0.717, 1.165) is 38.3 Å². The molecule has 1 saturated heterocycles. The molecule has 3 aliphatic rings. The van der Waals surface area contributed by atoms with Crippen molar-refractivity contribution in [3.05, 3.63) is 35.4 Å². The molecule has 2 bridgehead atoms. The summed E-state index contributed by atoms with van der Waals surface area (Å²) in [6.07, 6.45) is 0.663. The minimum atomic E-state index is -4.51. The van der Waals surface area contributed by atoms with Crippen molar-refractivity contribution in [1.82, 2.24) is 10.2 Å². The zero-order valence-electron chi connectivity index (χ0n) is 14.1. The lowest BCUT2D eigenvalue weighted by Gasteiger charge is -2.39. The molecule has 1 aromatic rings. The van der Waals surface area contributed by atoms with Crippen LogP contribution in [0.3, 0.4) is 0 Å². The number of hydrogen-bond donors (Lipinski definition) is 1. The average molecular weight is 352 g/mol. The van der Waals surface area contributed by atoms with Crippen molar-refractivity contribution in [3.8, 4) is 0 Å². The Morgan fingerprint density at radius 2 is 1.92 bits per heavy atom. The molecule has 0 radical (unpaired) electrons. The van der Waals surface area contributed by atoms with Gasteiger partial charge in [-0.2, -0.15) is 13.2 Å². The minimum absolute atomic E-state index is 0.00172. The summed E-state index contributed by atoms with van der Waals surface area (Å²) in [4.78, 5) is 15.1. The van der Waals surface area contributed by atoms with E-state index in [1.807, 2.05) is 4.90 Å². The molecule has 0 spiro atoms. The van der Waals surface area contributed by atoms with Crippen LogP contribution in [-0.4, -0.2) is 36.0 Å². The maximum absolute atomic E-state index is 13.4. The van der Waals surface area contributed by atoms with Gasteiger partial charge in [0.25, 0.3) is 5.91 Å². The fourth-order valence-electron chi connectivity index (χ4n) is 5.07. The summed E-state index contributed by atoms with van der Waals surface area (Å²) >= 11 is 0. The van der Waals surface area contributed by atoms with Crippen molar-refractivity contribution in [2.45, 2.75) is 50.4 Å². The number of fused-ring (bicyclic) bond motifs is 2. The second-order valence-corrected chi connectivity index (χ2v) is 7.64. The molecule has 25 heavy (non-hydrogen) atoms. The number of alkyl halides is 3. The number of hydrogen-bond acceptors (Lipinski definition) is 2. The number of nitrogens with one attached hydrogen (secondary N) is 1. The van der Waals surface area contributed by atoms with E-state index in [1.165, 1.54) is 24.6 Å². The highest BCUT2D eigenvalue weighted by Crippen LogP contribution is 2.48. The molecule has 3 fully saturated rings. The molecule has 136 valence electrons. The Bertz CT molecular complexity index is 654. The molecule has 1 aliphatic heterocycles. The fraction of sp³-hybridized carbons (Fsp3) is 0.632. The van der Waals surface area contributed by atoms with E-state index in [2.05, 4.69) is 5.32 Å². The Labute approximate surface area is 145 Å². The normalized spacial score (nSPS) is 31.5. The number of carbonyl (C=O) groups is 1. The number of rotatable bonds is 3. The van der Waals surface area contributed by atoms with Gasteiger partial charge in [0, 0.05) is 18.6 Å². The molecule has 1 N–H and O–H groups in total. The van der Waals surface area contributed by atoms with E-state index in [1.54, 1.807) is 0 Å². The predicted molar refractivity (Wildman–Crippen MR) is 88.1 cm³/mol. The third kappa shape index (κ3) is 3.05. The summed E-state index contributed by atoms with van der Waals surface area (Å²) in [6, 6.07) is 5.30. The first-order valence-corrected chi connectivity index (χ1v) is 9.14. The second-order valence-electron chi connectivity index (χ2n) is 7.64. The highest BCUT2D eigenvalue weighted by molar-refractivity contribution is 5.96. The lowest BCUT2D eigenvalue weighted by atomic mass is 9.91. The van der Waals surface area contributed by atoms with Gasteiger partial charge in [-0.25, -0.2) is 0 Å². The predicted octanol–water partition coefficient (Wildman–Crippen LogP) is 3.70. The van der Waals surface area contributed by atoms with Crippen LogP contribution in [0, 0.1) is 11.8 Å². The van der Waals surface area contributed by atoms with Crippen LogP contribution in [-0.2, 0) is 6.18 Å². The highest BCUT2D eigenvalue weighted by Gasteiger charge is 2.47. The smallest absolute Gasteiger partial charge is 0.331 e. The standard InChI is InChI=1S/C19H23F3N2O/c20-19(21,22)16-4-2-1-3-15(16)18(25)24(14-7-8-23-11-14)17-10-12-5-6-13(17)9-12/h1-4,12-14,17,23H,5-11H2. The molecule has 2 saturated carbocycles. The van der Waals surface area contributed by atoms with Crippen molar-refractivity contribution < 1.29 is 18.0 Å². The zero-order chi connectivity index (χ0) is 17.6. The molecule has 3 nitrogen and oxygen atoms in total. The maximum atomic E-state index is 13.4. The number of amides is 1. The van der Waals surface area contributed by atoms with Gasteiger partial charge in [0.1, 0.15) is 0 Å². The number of carbonyl (C=O) groups excluding carboxylic acids is 1. The van der Waals surface area contributed by atoms with Gasteiger partial charge in [0.2, 0.25) is 0 Å². The molecular weight excluding hydrogens is 329 g/mol. The minimum Gasteiger partial charge on any atom is -0.331 e. The summed E-state index contributed by atoms with van der Waals surface area (Å²) in [5, 5.41) is 3.26. The van der Waals surface area contributed by atoms with Crippen LogP contribution < -0.4 is 5.32 Å². The first-order valence-electron chi connectivity index (χ1n) is 9.14. The third-order valence-electron chi connectivity index (χ3n) is 6.18. The summed E-state index contributed by atoms with van der Waals surface area (Å²) in [5.74, 6) is 0.643. The lowest BCUT2D eigenvalue weighted by molar-refractivity contribution is -0.138. The van der Waals surface area contributed by atoms with E-state index >= 15 is 0 Å². The van der Waals surface area contributed by atoms with E-state index in [-0.39, 0.29) is 17.6 Å². The van der Waals surface area contributed by atoms with Crippen LogP contribution in [0.25, 0.3) is 0 Å². The van der Waals surface area contributed by atoms with Crippen LogP contribution >= 0.6 is 0 Å². The van der Waals surface area contributed by atoms with Crippen molar-refractivity contribution in [1.29, 1.82) is 0 Å². The van der Waals surface area contributed by atoms with Crippen LogP contribution in [0.2, 0.25) is 0 Å². The number of halogens is 3. The van der Waals surface area contributed by atoms with Crippen LogP contribution in [0.5, 0.6) is 0 Å². The average Bonchev–Trinajstić information content (AvgIpc) is 3.32. The summed E-state index contributed by atoms with van der Waals surface area (Å²) in [6.45, 7) is 1.49. The molecule has 1 amide bonds. The number of nitrogens with zero attached hydrogens (tertiary/aromatic N) is 1. The topological polar surface area (TPSA) is 32.3 Å². The van der Waals surface area contributed by atoms with E-state index in [0.29, 0.717) is 18.4 Å². The van der Waals surface area contributed by atoms with Gasteiger partial charge in [0.05, 0.1) is 11.1 Å². The van der Waals surface area contributed by atoms with Crippen molar-refractivity contribution >= 4 is 5.91 Å². The SMILES string of the molecule is O=C(c1ccccc1C(F)(F)F)N(C1CCNC1)C1CC2CCC1C2. The first-order chi connectivity index (χ1) is 11.9. The fourth-order valence-corrected chi connectivity index (χ4v) is 5.07. The first kappa shape index (κ1) is 16.9. The van der Waals surface area contributed by atoms with E-state index in [4.69, 9.17) is 0 Å². The van der Waals surface area contributed by atoms with E-state index < -0.39 is 17.6 Å². The zero-order valence-corrected chi connectivity index (χ0v) is 14.1. The highest BCUT2D eigenvalue weighted by atomic mass is 19.4. The van der Waals surface area contributed by atoms with Gasteiger partial charge in [-0.15, -0.1) is 0 Å². The maximum Gasteiger partial charge on any atom is 0.417 e. The van der Waals surface area contributed by atoms with Gasteiger partial charge < -0.3 is 10.2 Å². The van der Waals surface area contributed by atoms with Gasteiger partial charge in [0.15, 0.2) is 0 Å². The molecule has 4 unspecified atom stereocenters. The Balaban J connectivity index is 1.69. The van der Waals surface area contributed by atoms with Crippen LogP contribution in [0.1, 0.15) is 48.0 Å². The second kappa shape index (κ2) is 6.31. The monoisotopic (exact) mass is 352 g/mol. The quantitative estimate of drug-likeness (QED) is 0.900. The molecule has 4 rings (SSSR count). The molecule has 1 aromatic carbocycles. The Morgan fingerprint density at radius 3 is 2.52 bits per heavy atom. The van der Waals surface area contributed by atoms with E-state index in [9.17, 15) is 18.0 Å². The van der Waals surface area contributed by atoms with Crippen molar-refractivity contribution in [2.24, 2.45) is 11.8 Å². The van der Waals surface area contributed by atoms with Gasteiger partial charge in [-0.1, -0.05) is 18.6 Å². The van der Waals surface area contributed by atoms with Crippen LogP contribution in [0.15, 0.2) is 24.3 Å². The summed E-state index contributed by atoms with van der Waals surface area (Å²) < 4.78 is 40.2. The molecular formula is C19H23F3N2O. The Morgan fingerprint density at radius 1 is 1.12 bits per heavy atom. The van der Waals surface area contributed by atoms with Crippen molar-refractivity contribution in [2.75, 3.05) is 13.1 Å². The third-order valence-corrected chi connectivity index (χ3v) is 6.18. The molecule has 4 atom stereocenters.